The first-order valence-electron chi connectivity index (χ1n) is 8.63. The fourth-order valence-corrected chi connectivity index (χ4v) is 3.42. The van der Waals surface area contributed by atoms with E-state index in [0.29, 0.717) is 13.1 Å². The van der Waals surface area contributed by atoms with Crippen molar-refractivity contribution in [1.82, 2.24) is 30.1 Å². The minimum absolute atomic E-state index is 0.0174. The number of rotatable bonds is 4. The molecule has 3 rings (SSSR count). The largest absolute Gasteiger partial charge is 0.364 e. The summed E-state index contributed by atoms with van der Waals surface area (Å²) in [6.45, 7) is 9.86. The van der Waals surface area contributed by atoms with E-state index in [1.807, 2.05) is 43.5 Å². The summed E-state index contributed by atoms with van der Waals surface area (Å²) in [5.74, 6) is 0. The molecule has 1 N–H and O–H groups in total. The van der Waals surface area contributed by atoms with Crippen LogP contribution < -0.4 is 5.32 Å². The van der Waals surface area contributed by atoms with Gasteiger partial charge in [-0.2, -0.15) is 5.10 Å². The highest BCUT2D eigenvalue weighted by Crippen LogP contribution is 2.21. The highest BCUT2D eigenvalue weighted by atomic mass is 16.5. The van der Waals surface area contributed by atoms with Crippen molar-refractivity contribution < 1.29 is 9.32 Å². The van der Waals surface area contributed by atoms with Crippen LogP contribution in [0.4, 0.5) is 4.79 Å². The van der Waals surface area contributed by atoms with E-state index in [-0.39, 0.29) is 12.1 Å². The average Bonchev–Trinajstić information content (AvgIpc) is 3.16. The smallest absolute Gasteiger partial charge is 0.317 e. The van der Waals surface area contributed by atoms with Crippen LogP contribution in [0.1, 0.15) is 35.6 Å². The molecule has 8 nitrogen and oxygen atoms in total. The van der Waals surface area contributed by atoms with Crippen molar-refractivity contribution in [2.24, 2.45) is 7.05 Å². The number of piperazine rings is 1. The van der Waals surface area contributed by atoms with Crippen LogP contribution in [0.5, 0.6) is 0 Å². The zero-order chi connectivity index (χ0) is 18.0. The maximum absolute atomic E-state index is 12.6. The lowest BCUT2D eigenvalue weighted by atomic mass is 10.1. The lowest BCUT2D eigenvalue weighted by molar-refractivity contribution is 0.132. The van der Waals surface area contributed by atoms with Gasteiger partial charge in [-0.1, -0.05) is 5.16 Å². The van der Waals surface area contributed by atoms with Crippen LogP contribution >= 0.6 is 0 Å². The van der Waals surface area contributed by atoms with E-state index in [1.165, 1.54) is 0 Å². The molecule has 1 saturated heterocycles. The Morgan fingerprint density at radius 1 is 1.32 bits per heavy atom. The third-order valence-corrected chi connectivity index (χ3v) is 4.87. The van der Waals surface area contributed by atoms with E-state index < -0.39 is 0 Å². The van der Waals surface area contributed by atoms with Crippen molar-refractivity contribution in [1.29, 1.82) is 0 Å². The number of hydrogen-bond acceptors (Lipinski definition) is 5. The van der Waals surface area contributed by atoms with Crippen LogP contribution in [0, 0.1) is 13.8 Å². The summed E-state index contributed by atoms with van der Waals surface area (Å²) >= 11 is 0. The topological polar surface area (TPSA) is 79.4 Å². The maximum Gasteiger partial charge on any atom is 0.317 e. The first-order valence-corrected chi connectivity index (χ1v) is 8.63. The summed E-state index contributed by atoms with van der Waals surface area (Å²) < 4.78 is 6.72. The van der Waals surface area contributed by atoms with Gasteiger partial charge in [-0.3, -0.25) is 9.58 Å². The number of urea groups is 1. The van der Waals surface area contributed by atoms with Gasteiger partial charge in [0.2, 0.25) is 0 Å². The van der Waals surface area contributed by atoms with Gasteiger partial charge in [-0.15, -0.1) is 0 Å². The van der Waals surface area contributed by atoms with Crippen LogP contribution in [0.25, 0.3) is 0 Å². The summed E-state index contributed by atoms with van der Waals surface area (Å²) in [6.07, 6.45) is 1.59. The van der Waals surface area contributed by atoms with Crippen molar-refractivity contribution in [2.45, 2.75) is 33.4 Å². The van der Waals surface area contributed by atoms with Gasteiger partial charge in [0.25, 0.3) is 0 Å². The minimum atomic E-state index is -0.0608. The number of nitrogens with zero attached hydrogens (tertiary/aromatic N) is 5. The zero-order valence-electron chi connectivity index (χ0n) is 15.3. The Labute approximate surface area is 147 Å². The van der Waals surface area contributed by atoms with Gasteiger partial charge in [0.1, 0.15) is 6.26 Å². The summed E-state index contributed by atoms with van der Waals surface area (Å²) in [7, 11) is 1.93. The van der Waals surface area contributed by atoms with Crippen molar-refractivity contribution in [3.63, 3.8) is 0 Å². The van der Waals surface area contributed by atoms with Gasteiger partial charge in [0.15, 0.2) is 0 Å². The van der Waals surface area contributed by atoms with Gasteiger partial charge < -0.3 is 14.7 Å². The Kier molecular flexibility index (Phi) is 5.08. The van der Waals surface area contributed by atoms with Crippen molar-refractivity contribution in [2.75, 3.05) is 26.2 Å². The number of nitrogens with one attached hydrogen (secondary N) is 1. The SMILES string of the molecule is Cc1nn(C)c(C)c1[C@@H](C)NC(=O)N1CCN(Cc2ccon2)CC1. The monoisotopic (exact) mass is 346 g/mol. The second-order valence-corrected chi connectivity index (χ2v) is 6.63. The molecule has 0 aromatic carbocycles. The fourth-order valence-electron chi connectivity index (χ4n) is 3.42. The molecule has 0 spiro atoms. The summed E-state index contributed by atoms with van der Waals surface area (Å²) in [5.41, 5.74) is 4.07. The molecular formula is C17H26N6O2. The van der Waals surface area contributed by atoms with Crippen LogP contribution in [0.2, 0.25) is 0 Å². The lowest BCUT2D eigenvalue weighted by Gasteiger charge is -2.34. The van der Waals surface area contributed by atoms with Crippen LogP contribution in [-0.4, -0.2) is 56.9 Å². The molecular weight excluding hydrogens is 320 g/mol. The maximum atomic E-state index is 12.6. The first-order chi connectivity index (χ1) is 12.0. The van der Waals surface area contributed by atoms with Gasteiger partial charge in [0, 0.05) is 57.1 Å². The van der Waals surface area contributed by atoms with E-state index in [0.717, 1.165) is 42.3 Å². The highest BCUT2D eigenvalue weighted by Gasteiger charge is 2.24. The summed E-state index contributed by atoms with van der Waals surface area (Å²) in [4.78, 5) is 16.7. The molecule has 0 radical (unpaired) electrons. The molecule has 2 aromatic rings. The van der Waals surface area contributed by atoms with Crippen molar-refractivity contribution in [3.8, 4) is 0 Å². The number of aryl methyl sites for hydroxylation is 2. The standard InChI is InChI=1S/C17H26N6O2/c1-12(16-13(2)19-21(4)14(16)3)18-17(24)23-8-6-22(7-9-23)11-15-5-10-25-20-15/h5,10,12H,6-9,11H2,1-4H3,(H,18,24)/t12-/m1/s1. The summed E-state index contributed by atoms with van der Waals surface area (Å²) in [5, 5.41) is 11.5. The molecule has 3 heterocycles. The Morgan fingerprint density at radius 3 is 2.60 bits per heavy atom. The molecule has 2 aromatic heterocycles. The molecule has 0 aliphatic carbocycles. The minimum Gasteiger partial charge on any atom is -0.364 e. The van der Waals surface area contributed by atoms with Crippen LogP contribution in [-0.2, 0) is 13.6 Å². The van der Waals surface area contributed by atoms with Crippen LogP contribution in [0.15, 0.2) is 16.9 Å². The average molecular weight is 346 g/mol. The van der Waals surface area contributed by atoms with Gasteiger partial charge in [-0.05, 0) is 20.8 Å². The number of hydrogen-bond donors (Lipinski definition) is 1. The second-order valence-electron chi connectivity index (χ2n) is 6.63. The molecule has 136 valence electrons. The molecule has 1 aliphatic rings. The second kappa shape index (κ2) is 7.26. The van der Waals surface area contributed by atoms with Crippen molar-refractivity contribution >= 4 is 6.03 Å². The first kappa shape index (κ1) is 17.5. The number of carbonyl (C=O) groups is 1. The highest BCUT2D eigenvalue weighted by molar-refractivity contribution is 5.75. The predicted molar refractivity (Wildman–Crippen MR) is 93.0 cm³/mol. The van der Waals surface area contributed by atoms with Crippen molar-refractivity contribution in [3.05, 3.63) is 35.0 Å². The molecule has 0 saturated carbocycles. The van der Waals surface area contributed by atoms with E-state index in [2.05, 4.69) is 20.5 Å². The predicted octanol–water partition coefficient (Wildman–Crippen LogP) is 1.61. The van der Waals surface area contributed by atoms with E-state index in [4.69, 9.17) is 4.52 Å². The van der Waals surface area contributed by atoms with E-state index in [9.17, 15) is 4.79 Å². The Morgan fingerprint density at radius 2 is 2.04 bits per heavy atom. The van der Waals surface area contributed by atoms with Crippen LogP contribution in [0.3, 0.4) is 0 Å². The fraction of sp³-hybridized carbons (Fsp3) is 0.588. The van der Waals surface area contributed by atoms with Gasteiger partial charge in [0.05, 0.1) is 17.4 Å². The molecule has 0 unspecified atom stereocenters. The molecule has 0 bridgehead atoms. The Hall–Kier alpha value is -2.35. The third-order valence-electron chi connectivity index (χ3n) is 4.87. The molecule has 25 heavy (non-hydrogen) atoms. The zero-order valence-corrected chi connectivity index (χ0v) is 15.3. The van der Waals surface area contributed by atoms with Gasteiger partial charge >= 0.3 is 6.03 Å². The van der Waals surface area contributed by atoms with Gasteiger partial charge in [-0.25, -0.2) is 4.79 Å². The number of amides is 2. The molecule has 1 atom stereocenters. The molecule has 1 aliphatic heterocycles. The van der Waals surface area contributed by atoms with E-state index in [1.54, 1.807) is 6.26 Å². The van der Waals surface area contributed by atoms with E-state index >= 15 is 0 Å². The molecule has 8 heteroatoms. The Balaban J connectivity index is 1.52. The summed E-state index contributed by atoms with van der Waals surface area (Å²) in [6, 6.07) is 1.80. The normalized spacial score (nSPS) is 16.9. The number of carbonyl (C=O) groups excluding carboxylic acids is 1. The lowest BCUT2D eigenvalue weighted by Crippen LogP contribution is -2.51. The molecule has 1 fully saturated rings. The Bertz CT molecular complexity index is 716. The third kappa shape index (κ3) is 3.84. The number of aromatic nitrogens is 3. The quantitative estimate of drug-likeness (QED) is 0.910. The molecule has 2 amide bonds.